The summed E-state index contributed by atoms with van der Waals surface area (Å²) < 4.78 is 0. The molecule has 2 aliphatic rings. The Hall–Kier alpha value is -0.950. The summed E-state index contributed by atoms with van der Waals surface area (Å²) in [5.74, 6) is 0. The Balaban J connectivity index is 2.22. The van der Waals surface area contributed by atoms with E-state index in [9.17, 15) is 0 Å². The third-order valence-electron chi connectivity index (χ3n) is 2.38. The van der Waals surface area contributed by atoms with Gasteiger partial charge in [-0.25, -0.2) is 0 Å². The number of thioether (sulfide) groups is 1. The van der Waals surface area contributed by atoms with Crippen LogP contribution in [0.1, 0.15) is 16.4 Å². The Bertz CT molecular complexity index is 388. The molecular weight excluding hydrogens is 164 g/mol. The molecule has 0 nitrogen and oxygen atoms in total. The molecule has 12 heavy (non-hydrogen) atoms. The van der Waals surface area contributed by atoms with E-state index in [2.05, 4.69) is 41.8 Å². The van der Waals surface area contributed by atoms with E-state index in [1.165, 1.54) is 16.7 Å². The average Bonchev–Trinajstić information content (AvgIpc) is 2.62. The Labute approximate surface area is 76.0 Å². The van der Waals surface area contributed by atoms with Gasteiger partial charge in [-0.3, -0.25) is 0 Å². The van der Waals surface area contributed by atoms with Crippen molar-refractivity contribution >= 4 is 17.8 Å². The lowest BCUT2D eigenvalue weighted by molar-refractivity contribution is 1.23. The van der Waals surface area contributed by atoms with Gasteiger partial charge >= 0.3 is 0 Å². The van der Waals surface area contributed by atoms with E-state index in [0.29, 0.717) is 5.25 Å². The van der Waals surface area contributed by atoms with E-state index in [-0.39, 0.29) is 0 Å². The zero-order valence-electron chi connectivity index (χ0n) is 6.53. The molecule has 0 fully saturated rings. The van der Waals surface area contributed by atoms with Gasteiger partial charge in [0.15, 0.2) is 0 Å². The molecule has 1 atom stereocenters. The van der Waals surface area contributed by atoms with E-state index in [1.54, 1.807) is 0 Å². The maximum absolute atomic E-state index is 2.29. The molecule has 0 saturated heterocycles. The number of allylic oxidation sites excluding steroid dienone is 1. The van der Waals surface area contributed by atoms with Crippen molar-refractivity contribution in [1.29, 1.82) is 0 Å². The predicted molar refractivity (Wildman–Crippen MR) is 53.9 cm³/mol. The number of hydrogen-bond donors (Lipinski definition) is 0. The van der Waals surface area contributed by atoms with Gasteiger partial charge in [0.1, 0.15) is 0 Å². The van der Waals surface area contributed by atoms with Crippen LogP contribution in [0.4, 0.5) is 0 Å². The summed E-state index contributed by atoms with van der Waals surface area (Å²) in [6, 6.07) is 8.64. The van der Waals surface area contributed by atoms with Crippen LogP contribution in [-0.4, -0.2) is 0 Å². The molecule has 0 spiro atoms. The van der Waals surface area contributed by atoms with E-state index >= 15 is 0 Å². The second-order valence-corrected chi connectivity index (χ2v) is 4.11. The Morgan fingerprint density at radius 2 is 2.08 bits per heavy atom. The largest absolute Gasteiger partial charge is 0.121 e. The number of fused-ring (bicyclic) bond motifs is 3. The van der Waals surface area contributed by atoms with Gasteiger partial charge in [0, 0.05) is 0 Å². The van der Waals surface area contributed by atoms with Crippen LogP contribution in [0.25, 0.3) is 6.08 Å². The Morgan fingerprint density at radius 3 is 3.08 bits per heavy atom. The smallest absolute Gasteiger partial charge is 0.0594 e. The first-order valence-corrected chi connectivity index (χ1v) is 5.02. The molecule has 1 unspecified atom stereocenters. The second-order valence-electron chi connectivity index (χ2n) is 3.09. The van der Waals surface area contributed by atoms with Crippen LogP contribution in [0.15, 0.2) is 41.3 Å². The first-order chi connectivity index (χ1) is 5.95. The van der Waals surface area contributed by atoms with Gasteiger partial charge in [0.2, 0.25) is 0 Å². The molecular formula is C11H8S. The summed E-state index contributed by atoms with van der Waals surface area (Å²) in [6.45, 7) is 0. The van der Waals surface area contributed by atoms with Crippen molar-refractivity contribution in [1.82, 2.24) is 0 Å². The zero-order chi connectivity index (χ0) is 7.97. The van der Waals surface area contributed by atoms with Gasteiger partial charge in [0.25, 0.3) is 0 Å². The SMILES string of the molecule is C1=CC2=Cc3ccccc3C2S1. The summed E-state index contributed by atoms with van der Waals surface area (Å²) in [4.78, 5) is 0. The molecule has 1 aliphatic carbocycles. The topological polar surface area (TPSA) is 0 Å². The lowest BCUT2D eigenvalue weighted by Crippen LogP contribution is -1.86. The molecule has 3 rings (SSSR count). The predicted octanol–water partition coefficient (Wildman–Crippen LogP) is 3.39. The summed E-state index contributed by atoms with van der Waals surface area (Å²) in [5.41, 5.74) is 4.33. The van der Waals surface area contributed by atoms with Crippen molar-refractivity contribution in [3.8, 4) is 0 Å². The third kappa shape index (κ3) is 0.745. The number of benzene rings is 1. The van der Waals surface area contributed by atoms with E-state index in [1.807, 2.05) is 11.8 Å². The van der Waals surface area contributed by atoms with Crippen molar-refractivity contribution in [3.63, 3.8) is 0 Å². The molecule has 0 amide bonds. The molecule has 1 aromatic carbocycles. The monoisotopic (exact) mass is 172 g/mol. The highest BCUT2D eigenvalue weighted by atomic mass is 32.2. The standard InChI is InChI=1S/C11H8S/c1-2-4-10-8(3-1)7-9-5-6-12-11(9)10/h1-7,11H. The average molecular weight is 172 g/mol. The van der Waals surface area contributed by atoms with Gasteiger partial charge in [0.05, 0.1) is 5.25 Å². The van der Waals surface area contributed by atoms with Crippen LogP contribution in [0, 0.1) is 0 Å². The molecule has 58 valence electrons. The van der Waals surface area contributed by atoms with Crippen LogP contribution >= 0.6 is 11.8 Å². The minimum atomic E-state index is 0.598. The van der Waals surface area contributed by atoms with E-state index < -0.39 is 0 Å². The fourth-order valence-electron chi connectivity index (χ4n) is 1.80. The molecule has 0 radical (unpaired) electrons. The normalized spacial score (nSPS) is 23.7. The highest BCUT2D eigenvalue weighted by molar-refractivity contribution is 8.02. The molecule has 1 aliphatic heterocycles. The van der Waals surface area contributed by atoms with E-state index in [4.69, 9.17) is 0 Å². The quantitative estimate of drug-likeness (QED) is 0.578. The lowest BCUT2D eigenvalue weighted by Gasteiger charge is -2.05. The molecule has 1 aromatic rings. The summed E-state index contributed by atoms with van der Waals surface area (Å²) in [6.07, 6.45) is 4.51. The molecule has 1 heteroatoms. The molecule has 0 aromatic heterocycles. The van der Waals surface area contributed by atoms with Crippen molar-refractivity contribution in [3.05, 3.63) is 52.4 Å². The van der Waals surface area contributed by atoms with Crippen LogP contribution in [0.2, 0.25) is 0 Å². The number of rotatable bonds is 0. The second kappa shape index (κ2) is 2.27. The molecule has 1 heterocycles. The fourth-order valence-corrected chi connectivity index (χ4v) is 2.86. The van der Waals surface area contributed by atoms with Gasteiger partial charge < -0.3 is 0 Å². The summed E-state index contributed by atoms with van der Waals surface area (Å²) in [7, 11) is 0. The van der Waals surface area contributed by atoms with Gasteiger partial charge in [-0.15, -0.1) is 11.8 Å². The Morgan fingerprint density at radius 1 is 1.17 bits per heavy atom. The maximum atomic E-state index is 2.29. The summed E-state index contributed by atoms with van der Waals surface area (Å²) >= 11 is 1.91. The van der Waals surface area contributed by atoms with E-state index in [0.717, 1.165) is 0 Å². The molecule has 0 saturated carbocycles. The number of hydrogen-bond acceptors (Lipinski definition) is 1. The maximum Gasteiger partial charge on any atom is 0.0594 e. The fraction of sp³-hybridized carbons (Fsp3) is 0.0909. The van der Waals surface area contributed by atoms with Gasteiger partial charge in [-0.1, -0.05) is 30.3 Å². The minimum absolute atomic E-state index is 0.598. The zero-order valence-corrected chi connectivity index (χ0v) is 7.34. The first-order valence-electron chi connectivity index (χ1n) is 4.08. The van der Waals surface area contributed by atoms with Crippen LogP contribution in [-0.2, 0) is 0 Å². The lowest BCUT2D eigenvalue weighted by atomic mass is 10.1. The van der Waals surface area contributed by atoms with Crippen molar-refractivity contribution in [2.24, 2.45) is 0 Å². The van der Waals surface area contributed by atoms with Crippen molar-refractivity contribution < 1.29 is 0 Å². The summed E-state index contributed by atoms with van der Waals surface area (Å²) in [5, 5.41) is 2.79. The van der Waals surface area contributed by atoms with Gasteiger partial charge in [-0.05, 0) is 28.2 Å². The third-order valence-corrected chi connectivity index (χ3v) is 3.47. The highest BCUT2D eigenvalue weighted by Crippen LogP contribution is 2.48. The molecule has 0 bridgehead atoms. The van der Waals surface area contributed by atoms with Crippen LogP contribution in [0.5, 0.6) is 0 Å². The van der Waals surface area contributed by atoms with Crippen molar-refractivity contribution in [2.75, 3.05) is 0 Å². The van der Waals surface area contributed by atoms with Crippen LogP contribution in [0.3, 0.4) is 0 Å². The van der Waals surface area contributed by atoms with Crippen LogP contribution < -0.4 is 0 Å². The van der Waals surface area contributed by atoms with Crippen molar-refractivity contribution in [2.45, 2.75) is 5.25 Å². The van der Waals surface area contributed by atoms with Gasteiger partial charge in [-0.2, -0.15) is 0 Å². The minimum Gasteiger partial charge on any atom is -0.121 e. The molecule has 0 N–H and O–H groups in total. The Kier molecular flexibility index (Phi) is 1.24. The first kappa shape index (κ1) is 6.55. The highest BCUT2D eigenvalue weighted by Gasteiger charge is 2.25.